The number of aldehydes is 1. The van der Waals surface area contributed by atoms with Crippen LogP contribution in [0.3, 0.4) is 0 Å². The number of fused-ring (bicyclic) bond motifs is 1. The molecule has 0 amide bonds. The average Bonchev–Trinajstić information content (AvgIpc) is 2.66. The molecule has 0 saturated carbocycles. The molecule has 2 rings (SSSR count). The summed E-state index contributed by atoms with van der Waals surface area (Å²) >= 11 is 0. The molecule has 2 atom stereocenters. The van der Waals surface area contributed by atoms with Gasteiger partial charge in [-0.2, -0.15) is 0 Å². The Bertz CT molecular complexity index is 359. The summed E-state index contributed by atoms with van der Waals surface area (Å²) < 4.78 is 1.68. The number of nitrogens with zero attached hydrogens (tertiary/aromatic N) is 3. The molecule has 0 fully saturated rings. The normalized spacial score (nSPS) is 25.4. The van der Waals surface area contributed by atoms with Crippen LogP contribution in [-0.2, 0) is 0 Å². The number of hydrogen-bond acceptors (Lipinski definition) is 4. The summed E-state index contributed by atoms with van der Waals surface area (Å²) in [5, 5.41) is 13.7. The van der Waals surface area contributed by atoms with Crippen molar-refractivity contribution < 1.29 is 9.90 Å². The molecule has 0 spiro atoms. The third-order valence-electron chi connectivity index (χ3n) is 2.63. The SMILES string of the molecule is CC(C)C1CC(O)c2nc(C=O)nn21. The lowest BCUT2D eigenvalue weighted by Gasteiger charge is -2.14. The minimum Gasteiger partial charge on any atom is -0.385 e. The fraction of sp³-hybridized carbons (Fsp3) is 0.667. The molecule has 2 heterocycles. The summed E-state index contributed by atoms with van der Waals surface area (Å²) in [6.45, 7) is 4.13. The molecule has 0 aliphatic carbocycles. The second-order valence-electron chi connectivity index (χ2n) is 3.95. The summed E-state index contributed by atoms with van der Waals surface area (Å²) in [7, 11) is 0. The van der Waals surface area contributed by atoms with Crippen molar-refractivity contribution in [2.24, 2.45) is 5.92 Å². The first kappa shape index (κ1) is 9.33. The van der Waals surface area contributed by atoms with E-state index in [9.17, 15) is 9.90 Å². The molecule has 2 unspecified atom stereocenters. The third-order valence-corrected chi connectivity index (χ3v) is 2.63. The number of carbonyl (C=O) groups excluding carboxylic acids is 1. The Morgan fingerprint density at radius 1 is 1.64 bits per heavy atom. The van der Waals surface area contributed by atoms with Gasteiger partial charge in [0.05, 0.1) is 6.04 Å². The van der Waals surface area contributed by atoms with E-state index in [-0.39, 0.29) is 11.9 Å². The van der Waals surface area contributed by atoms with E-state index in [0.717, 1.165) is 0 Å². The Kier molecular flexibility index (Phi) is 2.11. The van der Waals surface area contributed by atoms with E-state index >= 15 is 0 Å². The highest BCUT2D eigenvalue weighted by molar-refractivity contribution is 5.68. The first-order valence-electron chi connectivity index (χ1n) is 4.73. The number of rotatable bonds is 2. The minimum absolute atomic E-state index is 0.154. The Balaban J connectivity index is 2.41. The van der Waals surface area contributed by atoms with Crippen LogP contribution in [0, 0.1) is 5.92 Å². The minimum atomic E-state index is -0.580. The van der Waals surface area contributed by atoms with Crippen LogP contribution < -0.4 is 0 Å². The van der Waals surface area contributed by atoms with Crippen molar-refractivity contribution in [2.75, 3.05) is 0 Å². The van der Waals surface area contributed by atoms with E-state index in [0.29, 0.717) is 24.4 Å². The summed E-state index contributed by atoms with van der Waals surface area (Å²) in [6.07, 6.45) is 0.672. The fourth-order valence-electron chi connectivity index (χ4n) is 1.86. The second kappa shape index (κ2) is 3.16. The lowest BCUT2D eigenvalue weighted by Crippen LogP contribution is -2.12. The molecule has 1 aliphatic rings. The molecule has 1 aromatic heterocycles. The van der Waals surface area contributed by atoms with Gasteiger partial charge in [0.25, 0.3) is 0 Å². The predicted octanol–water partition coefficient (Wildman–Crippen LogP) is 0.725. The maximum Gasteiger partial charge on any atom is 0.214 e. The summed E-state index contributed by atoms with van der Waals surface area (Å²) in [4.78, 5) is 14.4. The monoisotopic (exact) mass is 195 g/mol. The predicted molar refractivity (Wildman–Crippen MR) is 48.9 cm³/mol. The molecule has 14 heavy (non-hydrogen) atoms. The molecule has 1 aromatic rings. The van der Waals surface area contributed by atoms with Gasteiger partial charge in [0.2, 0.25) is 5.82 Å². The van der Waals surface area contributed by atoms with Crippen LogP contribution in [0.4, 0.5) is 0 Å². The van der Waals surface area contributed by atoms with Crippen molar-refractivity contribution in [3.8, 4) is 0 Å². The molecule has 1 aliphatic heterocycles. The first-order chi connectivity index (χ1) is 6.63. The van der Waals surface area contributed by atoms with Gasteiger partial charge in [-0.25, -0.2) is 9.67 Å². The smallest absolute Gasteiger partial charge is 0.214 e. The second-order valence-corrected chi connectivity index (χ2v) is 3.95. The van der Waals surface area contributed by atoms with Crippen LogP contribution in [0.1, 0.15) is 48.9 Å². The molecule has 5 nitrogen and oxygen atoms in total. The number of aromatic nitrogens is 3. The van der Waals surface area contributed by atoms with Gasteiger partial charge in [0.1, 0.15) is 6.10 Å². The van der Waals surface area contributed by atoms with E-state index in [1.54, 1.807) is 4.68 Å². The largest absolute Gasteiger partial charge is 0.385 e. The lowest BCUT2D eigenvalue weighted by molar-refractivity contribution is 0.111. The highest BCUT2D eigenvalue weighted by atomic mass is 16.3. The van der Waals surface area contributed by atoms with Crippen LogP contribution in [0.25, 0.3) is 0 Å². The van der Waals surface area contributed by atoms with E-state index in [2.05, 4.69) is 23.9 Å². The standard InChI is InChI=1S/C9H13N3O2/c1-5(2)6-3-7(14)9-10-8(4-13)11-12(6)9/h4-7,14H,3H2,1-2H3. The number of carbonyl (C=O) groups is 1. The van der Waals surface area contributed by atoms with Crippen molar-refractivity contribution in [1.29, 1.82) is 0 Å². The van der Waals surface area contributed by atoms with Crippen LogP contribution >= 0.6 is 0 Å². The maximum absolute atomic E-state index is 10.5. The van der Waals surface area contributed by atoms with Crippen molar-refractivity contribution >= 4 is 6.29 Å². The molecule has 76 valence electrons. The average molecular weight is 195 g/mol. The van der Waals surface area contributed by atoms with Gasteiger partial charge >= 0.3 is 0 Å². The summed E-state index contributed by atoms with van der Waals surface area (Å²) in [5.41, 5.74) is 0. The quantitative estimate of drug-likeness (QED) is 0.706. The summed E-state index contributed by atoms with van der Waals surface area (Å²) in [5.74, 6) is 1.06. The van der Waals surface area contributed by atoms with Crippen molar-refractivity contribution in [2.45, 2.75) is 32.4 Å². The Morgan fingerprint density at radius 2 is 2.36 bits per heavy atom. The third kappa shape index (κ3) is 1.24. The summed E-state index contributed by atoms with van der Waals surface area (Å²) in [6, 6.07) is 0.154. The van der Waals surface area contributed by atoms with Crippen LogP contribution in [-0.4, -0.2) is 26.2 Å². The van der Waals surface area contributed by atoms with E-state index < -0.39 is 6.10 Å². The Morgan fingerprint density at radius 3 is 2.93 bits per heavy atom. The molecule has 5 heteroatoms. The zero-order valence-electron chi connectivity index (χ0n) is 8.21. The topological polar surface area (TPSA) is 68.0 Å². The van der Waals surface area contributed by atoms with Gasteiger partial charge in [0, 0.05) is 6.42 Å². The molecular weight excluding hydrogens is 182 g/mol. The van der Waals surface area contributed by atoms with E-state index in [1.165, 1.54) is 0 Å². The van der Waals surface area contributed by atoms with Crippen molar-refractivity contribution in [1.82, 2.24) is 14.8 Å². The first-order valence-corrected chi connectivity index (χ1v) is 4.73. The van der Waals surface area contributed by atoms with Gasteiger partial charge in [0.15, 0.2) is 12.1 Å². The van der Waals surface area contributed by atoms with Crippen LogP contribution in [0.5, 0.6) is 0 Å². The van der Waals surface area contributed by atoms with Gasteiger partial charge in [-0.1, -0.05) is 13.8 Å². The van der Waals surface area contributed by atoms with Gasteiger partial charge in [-0.05, 0) is 5.92 Å². The zero-order valence-corrected chi connectivity index (χ0v) is 8.21. The molecule has 0 radical (unpaired) electrons. The number of aliphatic hydroxyl groups is 1. The van der Waals surface area contributed by atoms with Crippen LogP contribution in [0.2, 0.25) is 0 Å². The molecule has 0 aromatic carbocycles. The van der Waals surface area contributed by atoms with Crippen LogP contribution in [0.15, 0.2) is 0 Å². The molecule has 0 saturated heterocycles. The number of hydrogen-bond donors (Lipinski definition) is 1. The van der Waals surface area contributed by atoms with Crippen molar-refractivity contribution in [3.05, 3.63) is 11.6 Å². The fourth-order valence-corrected chi connectivity index (χ4v) is 1.86. The highest BCUT2D eigenvalue weighted by Gasteiger charge is 2.34. The Hall–Kier alpha value is -1.23. The molecule has 0 bridgehead atoms. The zero-order chi connectivity index (χ0) is 10.3. The molecule has 1 N–H and O–H groups in total. The molecular formula is C9H13N3O2. The lowest BCUT2D eigenvalue weighted by atomic mass is 10.0. The van der Waals surface area contributed by atoms with Gasteiger partial charge < -0.3 is 5.11 Å². The van der Waals surface area contributed by atoms with Gasteiger partial charge in [-0.15, -0.1) is 5.10 Å². The van der Waals surface area contributed by atoms with E-state index in [4.69, 9.17) is 0 Å². The van der Waals surface area contributed by atoms with Crippen molar-refractivity contribution in [3.63, 3.8) is 0 Å². The highest BCUT2D eigenvalue weighted by Crippen LogP contribution is 2.36. The maximum atomic E-state index is 10.5. The van der Waals surface area contributed by atoms with E-state index in [1.807, 2.05) is 0 Å². The number of aliphatic hydroxyl groups excluding tert-OH is 1. The Labute approximate surface area is 81.8 Å². The van der Waals surface area contributed by atoms with Gasteiger partial charge in [-0.3, -0.25) is 4.79 Å².